The number of aromatic hydroxyl groups is 1. The first-order valence-corrected chi connectivity index (χ1v) is 8.49. The van der Waals surface area contributed by atoms with Crippen molar-refractivity contribution in [3.8, 4) is 17.2 Å². The fraction of sp³-hybridized carbons (Fsp3) is 0.300. The van der Waals surface area contributed by atoms with Gasteiger partial charge in [-0.05, 0) is 47.9 Å². The molecule has 0 aliphatic carbocycles. The summed E-state index contributed by atoms with van der Waals surface area (Å²) in [7, 11) is 3.15. The van der Waals surface area contributed by atoms with Crippen LogP contribution in [0.3, 0.4) is 0 Å². The molecule has 1 amide bonds. The van der Waals surface area contributed by atoms with Crippen LogP contribution in [0.25, 0.3) is 0 Å². The number of carbonyl (C=O) groups excluding carboxylic acids is 2. The molecule has 0 fully saturated rings. The third-order valence-electron chi connectivity index (χ3n) is 4.48. The third-order valence-corrected chi connectivity index (χ3v) is 4.48. The molecule has 2 aromatic carbocycles. The summed E-state index contributed by atoms with van der Waals surface area (Å²) in [5.41, 5.74) is 2.28. The molecule has 0 spiro atoms. The van der Waals surface area contributed by atoms with Crippen LogP contribution in [0.2, 0.25) is 0 Å². The molecule has 0 atom stereocenters. The van der Waals surface area contributed by atoms with Crippen molar-refractivity contribution in [3.63, 3.8) is 0 Å². The normalized spacial score (nSPS) is 12.9. The first-order valence-electron chi connectivity index (χ1n) is 8.49. The minimum absolute atomic E-state index is 0.0345. The third kappa shape index (κ3) is 4.13. The number of ether oxygens (including phenoxy) is 3. The van der Waals surface area contributed by atoms with Gasteiger partial charge in [0.15, 0.2) is 18.1 Å². The molecule has 0 radical (unpaired) electrons. The molecule has 0 aromatic heterocycles. The average molecular weight is 371 g/mol. The summed E-state index contributed by atoms with van der Waals surface area (Å²) in [5.74, 6) is 0.316. The fourth-order valence-corrected chi connectivity index (χ4v) is 3.03. The monoisotopic (exact) mass is 371 g/mol. The van der Waals surface area contributed by atoms with Crippen LogP contribution in [0, 0.1) is 0 Å². The van der Waals surface area contributed by atoms with Crippen molar-refractivity contribution in [2.24, 2.45) is 0 Å². The average Bonchev–Trinajstić information content (AvgIpc) is 2.70. The molecule has 2 aromatic rings. The van der Waals surface area contributed by atoms with E-state index in [0.29, 0.717) is 31.0 Å². The maximum atomic E-state index is 12.4. The number of rotatable bonds is 5. The van der Waals surface area contributed by atoms with Crippen molar-refractivity contribution < 1.29 is 28.9 Å². The Kier molecular flexibility index (Phi) is 5.49. The van der Waals surface area contributed by atoms with E-state index in [1.807, 2.05) is 12.1 Å². The van der Waals surface area contributed by atoms with Crippen molar-refractivity contribution in [2.45, 2.75) is 13.0 Å². The van der Waals surface area contributed by atoms with E-state index in [-0.39, 0.29) is 23.8 Å². The SMILES string of the molecule is COc1cc2c(cc1OC)CN(C(=O)COC(=O)c1cccc(O)c1)CC2. The summed E-state index contributed by atoms with van der Waals surface area (Å²) in [5, 5.41) is 9.41. The summed E-state index contributed by atoms with van der Waals surface area (Å²) < 4.78 is 15.7. The van der Waals surface area contributed by atoms with Crippen LogP contribution in [0.1, 0.15) is 21.5 Å². The van der Waals surface area contributed by atoms with Gasteiger partial charge in [0.05, 0.1) is 19.8 Å². The Morgan fingerprint density at radius 3 is 2.44 bits per heavy atom. The second-order valence-corrected chi connectivity index (χ2v) is 6.17. The zero-order valence-corrected chi connectivity index (χ0v) is 15.2. The molecule has 1 aliphatic rings. The highest BCUT2D eigenvalue weighted by Gasteiger charge is 2.23. The molecule has 1 N–H and O–H groups in total. The Morgan fingerprint density at radius 2 is 1.78 bits per heavy atom. The highest BCUT2D eigenvalue weighted by molar-refractivity contribution is 5.91. The van der Waals surface area contributed by atoms with Crippen LogP contribution in [0.5, 0.6) is 17.2 Å². The van der Waals surface area contributed by atoms with Gasteiger partial charge in [-0.3, -0.25) is 4.79 Å². The van der Waals surface area contributed by atoms with Gasteiger partial charge in [0, 0.05) is 13.1 Å². The Bertz CT molecular complexity index is 864. The number of carbonyl (C=O) groups is 2. The van der Waals surface area contributed by atoms with Gasteiger partial charge < -0.3 is 24.2 Å². The van der Waals surface area contributed by atoms with Crippen molar-refractivity contribution in [1.29, 1.82) is 0 Å². The van der Waals surface area contributed by atoms with Gasteiger partial charge in [-0.15, -0.1) is 0 Å². The summed E-state index contributed by atoms with van der Waals surface area (Å²) in [6.45, 7) is 0.598. The molecular formula is C20H21NO6. The predicted octanol–water partition coefficient (Wildman–Crippen LogP) is 2.15. The van der Waals surface area contributed by atoms with E-state index in [1.54, 1.807) is 19.1 Å². The molecule has 142 valence electrons. The zero-order valence-electron chi connectivity index (χ0n) is 15.2. The van der Waals surface area contributed by atoms with E-state index in [1.165, 1.54) is 24.3 Å². The van der Waals surface area contributed by atoms with Crippen LogP contribution < -0.4 is 9.47 Å². The van der Waals surface area contributed by atoms with Gasteiger partial charge in [-0.1, -0.05) is 6.07 Å². The smallest absolute Gasteiger partial charge is 0.338 e. The van der Waals surface area contributed by atoms with Gasteiger partial charge in [0.2, 0.25) is 0 Å². The number of fused-ring (bicyclic) bond motifs is 1. The van der Waals surface area contributed by atoms with Crippen molar-refractivity contribution in [1.82, 2.24) is 4.90 Å². The number of esters is 1. The lowest BCUT2D eigenvalue weighted by Gasteiger charge is -2.29. The molecule has 7 heteroatoms. The number of phenols is 1. The first kappa shape index (κ1) is 18.6. The summed E-state index contributed by atoms with van der Waals surface area (Å²) in [6, 6.07) is 9.60. The Hall–Kier alpha value is -3.22. The number of nitrogens with zero attached hydrogens (tertiary/aromatic N) is 1. The lowest BCUT2D eigenvalue weighted by Crippen LogP contribution is -2.38. The maximum absolute atomic E-state index is 12.4. The molecule has 27 heavy (non-hydrogen) atoms. The number of hydrogen-bond acceptors (Lipinski definition) is 6. The minimum Gasteiger partial charge on any atom is -0.508 e. The second kappa shape index (κ2) is 7.99. The van der Waals surface area contributed by atoms with Gasteiger partial charge >= 0.3 is 5.97 Å². The number of benzene rings is 2. The van der Waals surface area contributed by atoms with E-state index in [2.05, 4.69) is 0 Å². The van der Waals surface area contributed by atoms with E-state index in [0.717, 1.165) is 11.1 Å². The lowest BCUT2D eigenvalue weighted by molar-refractivity contribution is -0.135. The van der Waals surface area contributed by atoms with Crippen molar-refractivity contribution in [2.75, 3.05) is 27.4 Å². The number of hydrogen-bond donors (Lipinski definition) is 1. The minimum atomic E-state index is -0.650. The van der Waals surface area contributed by atoms with Gasteiger partial charge in [-0.2, -0.15) is 0 Å². The highest BCUT2D eigenvalue weighted by atomic mass is 16.5. The molecule has 0 saturated heterocycles. The first-order chi connectivity index (χ1) is 13.0. The zero-order chi connectivity index (χ0) is 19.4. The van der Waals surface area contributed by atoms with E-state index < -0.39 is 5.97 Å². The maximum Gasteiger partial charge on any atom is 0.338 e. The number of phenolic OH excluding ortho intramolecular Hbond substituents is 1. The summed E-state index contributed by atoms with van der Waals surface area (Å²) in [6.07, 6.45) is 0.682. The van der Waals surface area contributed by atoms with E-state index >= 15 is 0 Å². The molecule has 0 saturated carbocycles. The number of methoxy groups -OCH3 is 2. The van der Waals surface area contributed by atoms with Crippen molar-refractivity contribution in [3.05, 3.63) is 53.1 Å². The molecule has 1 aliphatic heterocycles. The Balaban J connectivity index is 1.63. The molecule has 3 rings (SSSR count). The molecular weight excluding hydrogens is 350 g/mol. The van der Waals surface area contributed by atoms with Crippen LogP contribution in [-0.4, -0.2) is 49.3 Å². The lowest BCUT2D eigenvalue weighted by atomic mass is 9.99. The van der Waals surface area contributed by atoms with Crippen LogP contribution >= 0.6 is 0 Å². The van der Waals surface area contributed by atoms with Crippen LogP contribution in [0.4, 0.5) is 0 Å². The second-order valence-electron chi connectivity index (χ2n) is 6.17. The summed E-state index contributed by atoms with van der Waals surface area (Å²) >= 11 is 0. The van der Waals surface area contributed by atoms with E-state index in [4.69, 9.17) is 14.2 Å². The molecule has 0 unspecified atom stereocenters. The largest absolute Gasteiger partial charge is 0.508 e. The molecule has 0 bridgehead atoms. The van der Waals surface area contributed by atoms with E-state index in [9.17, 15) is 14.7 Å². The molecule has 7 nitrogen and oxygen atoms in total. The highest BCUT2D eigenvalue weighted by Crippen LogP contribution is 2.33. The van der Waals surface area contributed by atoms with Gasteiger partial charge in [0.1, 0.15) is 5.75 Å². The molecule has 1 heterocycles. The Labute approximate surface area is 157 Å². The summed E-state index contributed by atoms with van der Waals surface area (Å²) in [4.78, 5) is 26.1. The van der Waals surface area contributed by atoms with Crippen LogP contribution in [0.15, 0.2) is 36.4 Å². The van der Waals surface area contributed by atoms with Crippen molar-refractivity contribution >= 4 is 11.9 Å². The van der Waals surface area contributed by atoms with Gasteiger partial charge in [0.25, 0.3) is 5.91 Å². The topological polar surface area (TPSA) is 85.3 Å². The number of amides is 1. The quantitative estimate of drug-likeness (QED) is 0.811. The van der Waals surface area contributed by atoms with Crippen LogP contribution in [-0.2, 0) is 22.5 Å². The standard InChI is InChI=1S/C20H21NO6/c1-25-17-9-13-6-7-21(11-15(13)10-18(17)26-2)19(23)12-27-20(24)14-4-3-5-16(22)8-14/h3-5,8-10,22H,6-7,11-12H2,1-2H3. The Morgan fingerprint density at radius 1 is 1.07 bits per heavy atom. The predicted molar refractivity (Wildman–Crippen MR) is 97.1 cm³/mol. The fourth-order valence-electron chi connectivity index (χ4n) is 3.03. The van der Waals surface area contributed by atoms with Gasteiger partial charge in [-0.25, -0.2) is 4.79 Å².